The standard InChI is InChI=1S/C9H14N2S.ClH/c1-7-4-8-2-3-12(10)6-9(8)5-11-7;/h4-5,12H,2-3,6,10H2,1H3;1H. The zero-order valence-electron chi connectivity index (χ0n) is 7.66. The van der Waals surface area contributed by atoms with Crippen molar-refractivity contribution in [1.82, 2.24) is 4.98 Å². The van der Waals surface area contributed by atoms with Crippen molar-refractivity contribution >= 4 is 23.5 Å². The minimum atomic E-state index is -0.228. The summed E-state index contributed by atoms with van der Waals surface area (Å²) in [6.07, 6.45) is 3.15. The van der Waals surface area contributed by atoms with Crippen LogP contribution in [0.15, 0.2) is 12.3 Å². The average molecular weight is 219 g/mol. The number of aromatic nitrogens is 1. The number of aryl methyl sites for hydroxylation is 2. The molecular weight excluding hydrogens is 204 g/mol. The third-order valence-corrected chi connectivity index (χ3v) is 3.81. The Bertz CT molecular complexity index is 304. The molecule has 0 aromatic carbocycles. The second-order valence-electron chi connectivity index (χ2n) is 3.31. The van der Waals surface area contributed by atoms with E-state index in [0.717, 1.165) is 17.9 Å². The summed E-state index contributed by atoms with van der Waals surface area (Å²) in [6.45, 7) is 2.04. The Hall–Kier alpha value is -0.250. The van der Waals surface area contributed by atoms with E-state index < -0.39 is 0 Å². The molecule has 0 fully saturated rings. The topological polar surface area (TPSA) is 38.9 Å². The molecule has 74 valence electrons. The maximum atomic E-state index is 5.92. The van der Waals surface area contributed by atoms with E-state index in [1.807, 2.05) is 13.1 Å². The Kier molecular flexibility index (Phi) is 3.59. The van der Waals surface area contributed by atoms with Crippen molar-refractivity contribution in [3.63, 3.8) is 0 Å². The van der Waals surface area contributed by atoms with Crippen molar-refractivity contribution in [2.24, 2.45) is 5.14 Å². The minimum Gasteiger partial charge on any atom is -0.296 e. The molecule has 0 saturated carbocycles. The van der Waals surface area contributed by atoms with Crippen molar-refractivity contribution in [2.75, 3.05) is 5.75 Å². The first-order valence-electron chi connectivity index (χ1n) is 4.20. The van der Waals surface area contributed by atoms with Crippen LogP contribution in [0.3, 0.4) is 0 Å². The number of nitrogens with two attached hydrogens (primary N) is 1. The lowest BCUT2D eigenvalue weighted by atomic mass is 10.1. The lowest BCUT2D eigenvalue weighted by molar-refractivity contribution is 1.02. The van der Waals surface area contributed by atoms with Gasteiger partial charge in [-0.2, -0.15) is 0 Å². The Labute approximate surface area is 87.8 Å². The first-order chi connectivity index (χ1) is 5.75. The molecule has 13 heavy (non-hydrogen) atoms. The molecule has 1 aromatic heterocycles. The van der Waals surface area contributed by atoms with Gasteiger partial charge in [-0.1, -0.05) is 0 Å². The molecule has 1 aliphatic heterocycles. The summed E-state index contributed by atoms with van der Waals surface area (Å²) < 4.78 is 0. The van der Waals surface area contributed by atoms with Gasteiger partial charge in [0.15, 0.2) is 0 Å². The Morgan fingerprint density at radius 1 is 1.46 bits per heavy atom. The molecule has 0 bridgehead atoms. The fraction of sp³-hybridized carbons (Fsp3) is 0.444. The zero-order chi connectivity index (χ0) is 8.55. The Balaban J connectivity index is 0.000000845. The van der Waals surface area contributed by atoms with Crippen LogP contribution in [0.4, 0.5) is 0 Å². The van der Waals surface area contributed by atoms with Crippen molar-refractivity contribution in [3.05, 3.63) is 29.1 Å². The lowest BCUT2D eigenvalue weighted by Crippen LogP contribution is -2.13. The van der Waals surface area contributed by atoms with Gasteiger partial charge in [0.2, 0.25) is 0 Å². The van der Waals surface area contributed by atoms with E-state index in [2.05, 4.69) is 11.1 Å². The van der Waals surface area contributed by atoms with E-state index in [0.29, 0.717) is 0 Å². The molecule has 1 aliphatic rings. The normalized spacial score (nSPS) is 23.1. The number of rotatable bonds is 0. The molecule has 2 heterocycles. The molecular formula is C9H15ClN2S. The molecule has 0 saturated heterocycles. The Morgan fingerprint density at radius 3 is 3.00 bits per heavy atom. The molecule has 1 atom stereocenters. The van der Waals surface area contributed by atoms with Crippen LogP contribution in [-0.4, -0.2) is 10.7 Å². The maximum absolute atomic E-state index is 5.92. The summed E-state index contributed by atoms with van der Waals surface area (Å²) in [7, 11) is 0. The predicted molar refractivity (Wildman–Crippen MR) is 61.7 cm³/mol. The lowest BCUT2D eigenvalue weighted by Gasteiger charge is -2.24. The average Bonchev–Trinajstić information content (AvgIpc) is 2.05. The molecule has 2 N–H and O–H groups in total. The summed E-state index contributed by atoms with van der Waals surface area (Å²) in [5.41, 5.74) is 3.96. The monoisotopic (exact) mass is 218 g/mol. The number of halogens is 1. The first kappa shape index (κ1) is 10.8. The summed E-state index contributed by atoms with van der Waals surface area (Å²) in [6, 6.07) is 2.19. The molecule has 0 amide bonds. The molecule has 1 unspecified atom stereocenters. The van der Waals surface area contributed by atoms with Gasteiger partial charge < -0.3 is 0 Å². The number of nitrogens with zero attached hydrogens (tertiary/aromatic N) is 1. The molecule has 2 rings (SSSR count). The summed E-state index contributed by atoms with van der Waals surface area (Å²) >= 11 is -0.228. The van der Waals surface area contributed by atoms with Gasteiger partial charge in [-0.05, 0) is 36.3 Å². The smallest absolute Gasteiger partial charge is 0.0375 e. The third-order valence-electron chi connectivity index (χ3n) is 2.26. The van der Waals surface area contributed by atoms with Gasteiger partial charge in [0.05, 0.1) is 0 Å². The Morgan fingerprint density at radius 2 is 2.23 bits per heavy atom. The van der Waals surface area contributed by atoms with Gasteiger partial charge in [-0.25, -0.2) is 11.1 Å². The van der Waals surface area contributed by atoms with E-state index in [4.69, 9.17) is 5.14 Å². The number of hydrogen-bond acceptors (Lipinski definition) is 2. The molecule has 1 aromatic rings. The predicted octanol–water partition coefficient (Wildman–Crippen LogP) is 1.74. The van der Waals surface area contributed by atoms with Gasteiger partial charge in [0.25, 0.3) is 0 Å². The fourth-order valence-electron chi connectivity index (χ4n) is 1.58. The highest BCUT2D eigenvalue weighted by Crippen LogP contribution is 2.30. The summed E-state index contributed by atoms with van der Waals surface area (Å²) in [4.78, 5) is 4.28. The number of thiol groups is 1. The highest BCUT2D eigenvalue weighted by atomic mass is 35.5. The van der Waals surface area contributed by atoms with Crippen molar-refractivity contribution in [3.8, 4) is 0 Å². The SMILES string of the molecule is Cc1cc2c(cn1)C[SH](N)CC2.Cl. The molecule has 0 aliphatic carbocycles. The summed E-state index contributed by atoms with van der Waals surface area (Å²) in [5, 5.41) is 5.92. The maximum Gasteiger partial charge on any atom is 0.0375 e. The van der Waals surface area contributed by atoms with Gasteiger partial charge in [-0.15, -0.1) is 12.4 Å². The second kappa shape index (κ2) is 4.31. The van der Waals surface area contributed by atoms with Crippen LogP contribution in [0.25, 0.3) is 0 Å². The van der Waals surface area contributed by atoms with Crippen LogP contribution >= 0.6 is 23.5 Å². The number of fused-ring (bicyclic) bond motifs is 1. The van der Waals surface area contributed by atoms with Crippen LogP contribution in [-0.2, 0) is 12.2 Å². The van der Waals surface area contributed by atoms with Crippen LogP contribution in [0, 0.1) is 6.92 Å². The second-order valence-corrected chi connectivity index (χ2v) is 5.26. The van der Waals surface area contributed by atoms with E-state index in [9.17, 15) is 0 Å². The third kappa shape index (κ3) is 2.36. The van der Waals surface area contributed by atoms with E-state index in [1.165, 1.54) is 16.9 Å². The highest BCUT2D eigenvalue weighted by Gasteiger charge is 2.12. The number of hydrogen-bond donors (Lipinski definition) is 2. The van der Waals surface area contributed by atoms with E-state index in [-0.39, 0.29) is 23.5 Å². The van der Waals surface area contributed by atoms with Crippen LogP contribution in [0.5, 0.6) is 0 Å². The minimum absolute atomic E-state index is 0. The van der Waals surface area contributed by atoms with E-state index >= 15 is 0 Å². The van der Waals surface area contributed by atoms with Crippen LogP contribution < -0.4 is 5.14 Å². The largest absolute Gasteiger partial charge is 0.296 e. The van der Waals surface area contributed by atoms with Crippen molar-refractivity contribution < 1.29 is 0 Å². The van der Waals surface area contributed by atoms with Crippen molar-refractivity contribution in [1.29, 1.82) is 0 Å². The van der Waals surface area contributed by atoms with Gasteiger partial charge >= 0.3 is 0 Å². The van der Waals surface area contributed by atoms with E-state index in [1.54, 1.807) is 0 Å². The number of pyridine rings is 1. The zero-order valence-corrected chi connectivity index (χ0v) is 9.37. The van der Waals surface area contributed by atoms with Crippen molar-refractivity contribution in [2.45, 2.75) is 19.1 Å². The molecule has 4 heteroatoms. The van der Waals surface area contributed by atoms with Gasteiger partial charge in [0.1, 0.15) is 0 Å². The van der Waals surface area contributed by atoms with Gasteiger partial charge in [0, 0.05) is 17.6 Å². The van der Waals surface area contributed by atoms with Gasteiger partial charge in [-0.3, -0.25) is 10.1 Å². The van der Waals surface area contributed by atoms with Crippen LogP contribution in [0.1, 0.15) is 16.8 Å². The molecule has 0 spiro atoms. The molecule has 2 nitrogen and oxygen atoms in total. The quantitative estimate of drug-likeness (QED) is 0.652. The molecule has 0 radical (unpaired) electrons. The first-order valence-corrected chi connectivity index (χ1v) is 5.98. The fourth-order valence-corrected chi connectivity index (χ4v) is 2.99. The van der Waals surface area contributed by atoms with Crippen LogP contribution in [0.2, 0.25) is 0 Å². The highest BCUT2D eigenvalue weighted by molar-refractivity contribution is 8.14. The summed E-state index contributed by atoms with van der Waals surface area (Å²) in [5.74, 6) is 2.25.